The van der Waals surface area contributed by atoms with Crippen LogP contribution >= 0.6 is 0 Å². The molecule has 0 atom stereocenters. The summed E-state index contributed by atoms with van der Waals surface area (Å²) in [6, 6.07) is 1.77. The summed E-state index contributed by atoms with van der Waals surface area (Å²) in [5, 5.41) is 0. The summed E-state index contributed by atoms with van der Waals surface area (Å²) in [6.07, 6.45) is 3.26. The molecule has 0 saturated heterocycles. The number of methoxy groups -OCH3 is 2. The van der Waals surface area contributed by atoms with Crippen molar-refractivity contribution in [3.63, 3.8) is 0 Å². The number of hydrogen-bond acceptors (Lipinski definition) is 3. The summed E-state index contributed by atoms with van der Waals surface area (Å²) in [6.45, 7) is 4.00. The molecule has 0 bridgehead atoms. The lowest BCUT2D eigenvalue weighted by molar-refractivity contribution is 0.391. The number of aromatic nitrogens is 1. The second-order valence-electron chi connectivity index (χ2n) is 1.76. The van der Waals surface area contributed by atoms with Crippen LogP contribution in [0, 0.1) is 0 Å². The Morgan fingerprint density at radius 1 is 1.00 bits per heavy atom. The van der Waals surface area contributed by atoms with E-state index in [-0.39, 0.29) is 0 Å². The van der Waals surface area contributed by atoms with E-state index in [0.29, 0.717) is 11.5 Å². The molecule has 68 valence electrons. The summed E-state index contributed by atoms with van der Waals surface area (Å²) in [5.41, 5.74) is 0. The van der Waals surface area contributed by atoms with E-state index < -0.39 is 0 Å². The van der Waals surface area contributed by atoms with Gasteiger partial charge in [0, 0.05) is 6.07 Å². The lowest BCUT2D eigenvalue weighted by Crippen LogP contribution is -1.87. The number of rotatable bonds is 2. The second kappa shape index (κ2) is 6.46. The Labute approximate surface area is 73.3 Å². The summed E-state index contributed by atoms with van der Waals surface area (Å²) in [5.74, 6) is 1.42. The third-order valence-corrected chi connectivity index (χ3v) is 1.16. The van der Waals surface area contributed by atoms with Gasteiger partial charge in [-0.15, -0.1) is 0 Å². The van der Waals surface area contributed by atoms with Crippen molar-refractivity contribution in [1.82, 2.24) is 4.98 Å². The van der Waals surface area contributed by atoms with Gasteiger partial charge < -0.3 is 9.47 Å². The summed E-state index contributed by atoms with van der Waals surface area (Å²) in [4.78, 5) is 3.88. The molecule has 0 N–H and O–H groups in total. The zero-order chi connectivity index (χ0) is 9.40. The number of ether oxygens (including phenoxy) is 2. The summed E-state index contributed by atoms with van der Waals surface area (Å²) >= 11 is 0. The van der Waals surface area contributed by atoms with Crippen LogP contribution in [0.25, 0.3) is 0 Å². The molecular weight excluding hydrogens is 154 g/mol. The molecule has 1 rings (SSSR count). The van der Waals surface area contributed by atoms with Gasteiger partial charge in [-0.25, -0.2) is 0 Å². The van der Waals surface area contributed by atoms with Gasteiger partial charge in [0.05, 0.1) is 26.6 Å². The molecule has 1 aromatic heterocycles. The first kappa shape index (κ1) is 10.8. The quantitative estimate of drug-likeness (QED) is 0.679. The highest BCUT2D eigenvalue weighted by Crippen LogP contribution is 2.15. The average molecular weight is 169 g/mol. The highest BCUT2D eigenvalue weighted by molar-refractivity contribution is 5.27. The number of hydrogen-bond donors (Lipinski definition) is 0. The second-order valence-corrected chi connectivity index (χ2v) is 1.76. The Morgan fingerprint density at radius 3 is 1.75 bits per heavy atom. The molecule has 0 spiro atoms. The summed E-state index contributed by atoms with van der Waals surface area (Å²) < 4.78 is 9.83. The maximum atomic E-state index is 4.91. The Balaban J connectivity index is 0.000000561. The molecule has 0 aliphatic carbocycles. The van der Waals surface area contributed by atoms with Gasteiger partial charge in [-0.3, -0.25) is 4.98 Å². The van der Waals surface area contributed by atoms with Gasteiger partial charge in [-0.1, -0.05) is 13.8 Å². The van der Waals surface area contributed by atoms with Crippen molar-refractivity contribution in [2.45, 2.75) is 13.8 Å². The van der Waals surface area contributed by atoms with E-state index >= 15 is 0 Å². The molecule has 3 heteroatoms. The van der Waals surface area contributed by atoms with Crippen LogP contribution in [0.5, 0.6) is 11.5 Å². The topological polar surface area (TPSA) is 31.4 Å². The van der Waals surface area contributed by atoms with Crippen LogP contribution in [0.3, 0.4) is 0 Å². The van der Waals surface area contributed by atoms with Crippen LogP contribution in [0.15, 0.2) is 18.5 Å². The molecule has 1 aromatic rings. The normalized spacial score (nSPS) is 8.00. The Hall–Kier alpha value is -1.25. The lowest BCUT2D eigenvalue weighted by atomic mass is 10.4. The van der Waals surface area contributed by atoms with Crippen LogP contribution in [0.2, 0.25) is 0 Å². The van der Waals surface area contributed by atoms with Gasteiger partial charge >= 0.3 is 0 Å². The predicted molar refractivity (Wildman–Crippen MR) is 48.7 cm³/mol. The Kier molecular flexibility index (Phi) is 5.79. The van der Waals surface area contributed by atoms with Crippen LogP contribution in [-0.2, 0) is 0 Å². The standard InChI is InChI=1S/C7H9NO2.C2H6/c1-9-6-3-7(10-2)5-8-4-6;1-2/h3-5H,1-2H3;1-2H3. The fraction of sp³-hybridized carbons (Fsp3) is 0.444. The number of pyridine rings is 1. The first-order valence-electron chi connectivity index (χ1n) is 3.90. The maximum Gasteiger partial charge on any atom is 0.140 e. The minimum Gasteiger partial charge on any atom is -0.495 e. The molecule has 0 unspecified atom stereocenters. The van der Waals surface area contributed by atoms with E-state index in [1.807, 2.05) is 13.8 Å². The Morgan fingerprint density at radius 2 is 1.42 bits per heavy atom. The average Bonchev–Trinajstić information content (AvgIpc) is 2.21. The number of nitrogens with zero attached hydrogens (tertiary/aromatic N) is 1. The smallest absolute Gasteiger partial charge is 0.140 e. The molecule has 3 nitrogen and oxygen atoms in total. The molecule has 0 aromatic carbocycles. The molecule has 0 aliphatic rings. The van der Waals surface area contributed by atoms with Crippen LogP contribution in [-0.4, -0.2) is 19.2 Å². The molecule has 12 heavy (non-hydrogen) atoms. The third kappa shape index (κ3) is 3.23. The summed E-state index contributed by atoms with van der Waals surface area (Å²) in [7, 11) is 3.19. The molecule has 0 amide bonds. The molecule has 0 aliphatic heterocycles. The minimum atomic E-state index is 0.708. The highest BCUT2D eigenvalue weighted by Gasteiger charge is 1.92. The molecule has 0 fully saturated rings. The molecule has 1 heterocycles. The van der Waals surface area contributed by atoms with Crippen molar-refractivity contribution in [3.8, 4) is 11.5 Å². The van der Waals surface area contributed by atoms with Gasteiger partial charge in [0.25, 0.3) is 0 Å². The monoisotopic (exact) mass is 169 g/mol. The fourth-order valence-corrected chi connectivity index (χ4v) is 0.622. The zero-order valence-corrected chi connectivity index (χ0v) is 8.00. The van der Waals surface area contributed by atoms with Gasteiger partial charge in [-0.05, 0) is 0 Å². The fourth-order valence-electron chi connectivity index (χ4n) is 0.622. The van der Waals surface area contributed by atoms with Crippen molar-refractivity contribution in [3.05, 3.63) is 18.5 Å². The first-order chi connectivity index (χ1) is 5.86. The predicted octanol–water partition coefficient (Wildman–Crippen LogP) is 2.12. The van der Waals surface area contributed by atoms with Crippen LogP contribution < -0.4 is 9.47 Å². The maximum absolute atomic E-state index is 4.91. The van der Waals surface area contributed by atoms with Crippen LogP contribution in [0.4, 0.5) is 0 Å². The molecule has 0 radical (unpaired) electrons. The van der Waals surface area contributed by atoms with Crippen molar-refractivity contribution >= 4 is 0 Å². The van der Waals surface area contributed by atoms with Crippen molar-refractivity contribution in [2.75, 3.05) is 14.2 Å². The van der Waals surface area contributed by atoms with E-state index in [4.69, 9.17) is 9.47 Å². The highest BCUT2D eigenvalue weighted by atomic mass is 16.5. The molecular formula is C9H15NO2. The SMILES string of the molecule is CC.COc1cncc(OC)c1. The Bertz CT molecular complexity index is 194. The molecule has 0 saturated carbocycles. The van der Waals surface area contributed by atoms with Gasteiger partial charge in [-0.2, -0.15) is 0 Å². The third-order valence-electron chi connectivity index (χ3n) is 1.16. The van der Waals surface area contributed by atoms with Gasteiger partial charge in [0.1, 0.15) is 11.5 Å². The van der Waals surface area contributed by atoms with E-state index in [9.17, 15) is 0 Å². The minimum absolute atomic E-state index is 0.708. The van der Waals surface area contributed by atoms with E-state index in [2.05, 4.69) is 4.98 Å². The zero-order valence-electron chi connectivity index (χ0n) is 8.00. The van der Waals surface area contributed by atoms with E-state index in [0.717, 1.165) is 0 Å². The van der Waals surface area contributed by atoms with Gasteiger partial charge in [0.2, 0.25) is 0 Å². The van der Waals surface area contributed by atoms with Crippen LogP contribution in [0.1, 0.15) is 13.8 Å². The van der Waals surface area contributed by atoms with E-state index in [1.54, 1.807) is 32.7 Å². The first-order valence-corrected chi connectivity index (χ1v) is 3.90. The van der Waals surface area contributed by atoms with Crippen molar-refractivity contribution < 1.29 is 9.47 Å². The lowest BCUT2D eigenvalue weighted by Gasteiger charge is -2.00. The van der Waals surface area contributed by atoms with Crippen molar-refractivity contribution in [2.24, 2.45) is 0 Å². The van der Waals surface area contributed by atoms with Gasteiger partial charge in [0.15, 0.2) is 0 Å². The van der Waals surface area contributed by atoms with E-state index in [1.165, 1.54) is 0 Å². The van der Waals surface area contributed by atoms with Crippen molar-refractivity contribution in [1.29, 1.82) is 0 Å². The largest absolute Gasteiger partial charge is 0.495 e.